The average Bonchev–Trinajstić information content (AvgIpc) is 3.16. The van der Waals surface area contributed by atoms with Gasteiger partial charge in [-0.05, 0) is 49.7 Å². The van der Waals surface area contributed by atoms with Crippen molar-refractivity contribution in [3.63, 3.8) is 0 Å². The average molecular weight is 435 g/mol. The summed E-state index contributed by atoms with van der Waals surface area (Å²) in [5, 5.41) is 10.5. The van der Waals surface area contributed by atoms with Crippen LogP contribution < -0.4 is 10.1 Å². The number of nitrogens with one attached hydrogen (secondary N) is 2. The van der Waals surface area contributed by atoms with Gasteiger partial charge in [-0.1, -0.05) is 58.0 Å². The number of benzene rings is 2. The summed E-state index contributed by atoms with van der Waals surface area (Å²) >= 11 is 0. The van der Waals surface area contributed by atoms with E-state index in [1.165, 1.54) is 0 Å². The minimum Gasteiger partial charge on any atom is -0.457 e. The van der Waals surface area contributed by atoms with Crippen LogP contribution in [0.1, 0.15) is 44.6 Å². The molecule has 2 unspecified atom stereocenters. The minimum absolute atomic E-state index is 0.0502. The first-order valence-corrected chi connectivity index (χ1v) is 11.5. The van der Waals surface area contributed by atoms with Crippen molar-refractivity contribution in [2.75, 3.05) is 20.1 Å². The van der Waals surface area contributed by atoms with E-state index in [2.05, 4.69) is 27.5 Å². The van der Waals surface area contributed by atoms with Gasteiger partial charge in [0.25, 0.3) is 5.91 Å². The fourth-order valence-electron chi connectivity index (χ4n) is 4.18. The summed E-state index contributed by atoms with van der Waals surface area (Å²) in [6.07, 6.45) is 1.07. The maximum atomic E-state index is 12.7. The smallest absolute Gasteiger partial charge is 0.269 e. The highest BCUT2D eigenvalue weighted by Gasteiger charge is 2.60. The highest BCUT2D eigenvalue weighted by molar-refractivity contribution is 5.94. The first-order valence-electron chi connectivity index (χ1n) is 11.5. The number of hydrogen-bond acceptors (Lipinski definition) is 4. The molecule has 0 bridgehead atoms. The Labute approximate surface area is 191 Å². The second-order valence-electron chi connectivity index (χ2n) is 7.79. The lowest BCUT2D eigenvalue weighted by Gasteiger charge is -2.17. The summed E-state index contributed by atoms with van der Waals surface area (Å²) in [5.74, 6) is 1.93. The van der Waals surface area contributed by atoms with Crippen LogP contribution in [0.2, 0.25) is 0 Å². The lowest BCUT2D eigenvalue weighted by atomic mass is 10.1. The zero-order valence-electron chi connectivity index (χ0n) is 19.7. The van der Waals surface area contributed by atoms with Gasteiger partial charge < -0.3 is 15.0 Å². The van der Waals surface area contributed by atoms with Gasteiger partial charge in [-0.2, -0.15) is 5.10 Å². The number of carbonyl (C=O) groups excluding carboxylic acids is 1. The molecule has 1 saturated carbocycles. The third kappa shape index (κ3) is 5.02. The molecule has 2 N–H and O–H groups in total. The molecule has 2 atom stereocenters. The van der Waals surface area contributed by atoms with E-state index in [-0.39, 0.29) is 11.4 Å². The molecule has 6 heteroatoms. The maximum Gasteiger partial charge on any atom is 0.269 e. The quantitative estimate of drug-likeness (QED) is 0.567. The zero-order valence-corrected chi connectivity index (χ0v) is 19.7. The summed E-state index contributed by atoms with van der Waals surface area (Å²) in [5.41, 5.74) is 1.94. The number of ether oxygens (including phenoxy) is 1. The number of piperidine rings is 1. The molecule has 2 heterocycles. The number of carbonyl (C=O) groups is 1. The van der Waals surface area contributed by atoms with Crippen molar-refractivity contribution >= 4 is 5.91 Å². The van der Waals surface area contributed by atoms with Gasteiger partial charge in [0.1, 0.15) is 17.2 Å². The largest absolute Gasteiger partial charge is 0.457 e. The van der Waals surface area contributed by atoms with Crippen LogP contribution in [0.5, 0.6) is 11.5 Å². The Morgan fingerprint density at radius 1 is 1.09 bits per heavy atom. The Bertz CT molecular complexity index is 1020. The Hall–Kier alpha value is -3.12. The Morgan fingerprint density at radius 2 is 1.78 bits per heavy atom. The van der Waals surface area contributed by atoms with Crippen molar-refractivity contribution in [1.29, 1.82) is 0 Å². The van der Waals surface area contributed by atoms with Gasteiger partial charge in [0.05, 0.1) is 11.2 Å². The van der Waals surface area contributed by atoms with Crippen molar-refractivity contribution in [2.24, 2.45) is 5.92 Å². The van der Waals surface area contributed by atoms with E-state index in [1.54, 1.807) is 6.07 Å². The van der Waals surface area contributed by atoms with Gasteiger partial charge in [-0.3, -0.25) is 9.89 Å². The normalized spacial score (nSPS) is 20.7. The Morgan fingerprint density at radius 3 is 2.47 bits per heavy atom. The van der Waals surface area contributed by atoms with Crippen molar-refractivity contribution in [3.8, 4) is 22.8 Å². The summed E-state index contributed by atoms with van der Waals surface area (Å²) in [6.45, 7) is 9.97. The van der Waals surface area contributed by atoms with Crippen LogP contribution in [0.25, 0.3) is 11.3 Å². The topological polar surface area (TPSA) is 70.2 Å². The highest BCUT2D eigenvalue weighted by atomic mass is 16.5. The van der Waals surface area contributed by atoms with Crippen molar-refractivity contribution in [1.82, 2.24) is 20.4 Å². The second-order valence-corrected chi connectivity index (χ2v) is 7.79. The summed E-state index contributed by atoms with van der Waals surface area (Å²) < 4.78 is 6.02. The van der Waals surface area contributed by atoms with Crippen LogP contribution in [0.15, 0.2) is 60.7 Å². The molecule has 1 aliphatic carbocycles. The molecule has 5 rings (SSSR count). The standard InChI is InChI=1S/C22H22N4O2.2C2H6/c1-26-13-15-12-22(15,14-26)23-21(27)19-11-18(24-25-19)17-9-5-6-10-20(17)28-16-7-3-2-4-8-16;2*1-2/h2-11,15H,12-14H2,1H3,(H,23,27)(H,24,25);2*1-2H3. The number of aromatic amines is 1. The monoisotopic (exact) mass is 434 g/mol. The van der Waals surface area contributed by atoms with E-state index in [0.29, 0.717) is 23.1 Å². The first kappa shape index (κ1) is 23.5. The Balaban J connectivity index is 0.000000686. The van der Waals surface area contributed by atoms with E-state index >= 15 is 0 Å². The first-order chi connectivity index (χ1) is 15.6. The number of nitrogens with zero attached hydrogens (tertiary/aromatic N) is 2. The van der Waals surface area contributed by atoms with Crippen LogP contribution >= 0.6 is 0 Å². The van der Waals surface area contributed by atoms with Gasteiger partial charge >= 0.3 is 0 Å². The molecule has 1 aromatic heterocycles. The van der Waals surface area contributed by atoms with Crippen LogP contribution in [-0.2, 0) is 0 Å². The minimum atomic E-state index is -0.0991. The number of aromatic nitrogens is 2. The number of para-hydroxylation sites is 2. The fourth-order valence-corrected chi connectivity index (χ4v) is 4.18. The van der Waals surface area contributed by atoms with Gasteiger partial charge in [0.2, 0.25) is 0 Å². The number of amides is 1. The van der Waals surface area contributed by atoms with E-state index < -0.39 is 0 Å². The number of likely N-dealkylation sites (N-methyl/N-ethyl adjacent to an activating group) is 1. The lowest BCUT2D eigenvalue weighted by molar-refractivity contribution is 0.0923. The van der Waals surface area contributed by atoms with Crippen molar-refractivity contribution < 1.29 is 9.53 Å². The van der Waals surface area contributed by atoms with Gasteiger partial charge in [0, 0.05) is 18.7 Å². The van der Waals surface area contributed by atoms with Crippen LogP contribution in [-0.4, -0.2) is 46.7 Å². The fraction of sp³-hybridized carbons (Fsp3) is 0.385. The third-order valence-electron chi connectivity index (χ3n) is 5.64. The number of hydrogen-bond donors (Lipinski definition) is 2. The molecule has 1 aliphatic heterocycles. The van der Waals surface area contributed by atoms with Gasteiger partial charge in [-0.15, -0.1) is 0 Å². The summed E-state index contributed by atoms with van der Waals surface area (Å²) in [4.78, 5) is 15.0. The molecule has 0 radical (unpaired) electrons. The van der Waals surface area contributed by atoms with E-state index in [0.717, 1.165) is 30.8 Å². The molecule has 170 valence electrons. The van der Waals surface area contributed by atoms with E-state index in [4.69, 9.17) is 4.74 Å². The summed E-state index contributed by atoms with van der Waals surface area (Å²) in [7, 11) is 2.10. The third-order valence-corrected chi connectivity index (χ3v) is 5.64. The molecule has 1 saturated heterocycles. The molecule has 2 aliphatic rings. The highest BCUT2D eigenvalue weighted by Crippen LogP contribution is 2.49. The molecule has 3 aromatic rings. The molecule has 0 spiro atoms. The number of H-pyrrole nitrogens is 1. The number of fused-ring (bicyclic) bond motifs is 1. The zero-order chi connectivity index (χ0) is 23.1. The van der Waals surface area contributed by atoms with Crippen LogP contribution in [0.3, 0.4) is 0 Å². The second kappa shape index (κ2) is 10.5. The lowest BCUT2D eigenvalue weighted by Crippen LogP contribution is -2.41. The van der Waals surface area contributed by atoms with Gasteiger partial charge in [0.15, 0.2) is 0 Å². The molecule has 1 amide bonds. The van der Waals surface area contributed by atoms with Crippen molar-refractivity contribution in [2.45, 2.75) is 39.7 Å². The molecule has 2 fully saturated rings. The van der Waals surface area contributed by atoms with Crippen LogP contribution in [0.4, 0.5) is 0 Å². The SMILES string of the molecule is CC.CC.CN1CC2CC2(NC(=O)c2cc(-c3ccccc3Oc3ccccc3)n[nH]2)C1. The van der Waals surface area contributed by atoms with E-state index in [9.17, 15) is 4.79 Å². The number of rotatable bonds is 5. The van der Waals surface area contributed by atoms with Gasteiger partial charge in [-0.25, -0.2) is 0 Å². The van der Waals surface area contributed by atoms with Crippen molar-refractivity contribution in [3.05, 3.63) is 66.4 Å². The molecule has 32 heavy (non-hydrogen) atoms. The maximum absolute atomic E-state index is 12.7. The molecular weight excluding hydrogens is 400 g/mol. The Kier molecular flexibility index (Phi) is 7.70. The molecule has 2 aromatic carbocycles. The van der Waals surface area contributed by atoms with Crippen LogP contribution in [0, 0.1) is 5.92 Å². The summed E-state index contributed by atoms with van der Waals surface area (Å²) in [6, 6.07) is 19.1. The predicted molar refractivity (Wildman–Crippen MR) is 129 cm³/mol. The predicted octanol–water partition coefficient (Wildman–Crippen LogP) is 5.36. The number of likely N-dealkylation sites (tertiary alicyclic amines) is 1. The molecular formula is C26H34N4O2. The van der Waals surface area contributed by atoms with E-state index in [1.807, 2.05) is 82.3 Å². The molecule has 6 nitrogen and oxygen atoms in total.